The third-order valence-corrected chi connectivity index (χ3v) is 16.8. The highest BCUT2D eigenvalue weighted by Gasteiger charge is 2.33. The van der Waals surface area contributed by atoms with Gasteiger partial charge in [0.15, 0.2) is 14.8 Å². The second-order valence-corrected chi connectivity index (χ2v) is 22.4. The SMILES string of the molecule is CC(C)S[Si](C)(C)N[Si](C)(C)SC(C)C. The molecule has 0 fully saturated rings. The van der Waals surface area contributed by atoms with Crippen LogP contribution in [0.2, 0.25) is 26.2 Å². The van der Waals surface area contributed by atoms with Crippen LogP contribution < -0.4 is 4.65 Å². The second-order valence-electron chi connectivity index (χ2n) is 5.48. The molecule has 0 saturated carbocycles. The van der Waals surface area contributed by atoms with E-state index in [1.54, 1.807) is 0 Å². The van der Waals surface area contributed by atoms with Gasteiger partial charge in [0.05, 0.1) is 0 Å². The Balaban J connectivity index is 4.29. The zero-order valence-electron chi connectivity index (χ0n) is 11.5. The van der Waals surface area contributed by atoms with Gasteiger partial charge in [0.1, 0.15) is 0 Å². The van der Waals surface area contributed by atoms with Crippen LogP contribution >= 0.6 is 22.4 Å². The van der Waals surface area contributed by atoms with E-state index in [2.05, 4.69) is 81.0 Å². The molecule has 0 amide bonds. The Bertz CT molecular complexity index is 174. The summed E-state index contributed by atoms with van der Waals surface area (Å²) < 4.78 is 4.00. The van der Waals surface area contributed by atoms with E-state index in [1.165, 1.54) is 0 Å². The van der Waals surface area contributed by atoms with Gasteiger partial charge < -0.3 is 4.65 Å². The van der Waals surface area contributed by atoms with Gasteiger partial charge >= 0.3 is 0 Å². The fraction of sp³-hybridized carbons (Fsp3) is 1.00. The fourth-order valence-corrected chi connectivity index (χ4v) is 23.9. The number of nitrogens with one attached hydrogen (secondary N) is 1. The Morgan fingerprint density at radius 3 is 1.20 bits per heavy atom. The predicted molar refractivity (Wildman–Crippen MR) is 83.6 cm³/mol. The summed E-state index contributed by atoms with van der Waals surface area (Å²) in [7, 11) is -2.52. The van der Waals surface area contributed by atoms with E-state index in [1.807, 2.05) is 0 Å². The van der Waals surface area contributed by atoms with Crippen molar-refractivity contribution in [3.63, 3.8) is 0 Å². The lowest BCUT2D eigenvalue weighted by Crippen LogP contribution is -2.56. The first-order valence-corrected chi connectivity index (χ1v) is 14.9. The molecule has 0 aliphatic heterocycles. The van der Waals surface area contributed by atoms with E-state index in [9.17, 15) is 0 Å². The van der Waals surface area contributed by atoms with Gasteiger partial charge in [0.25, 0.3) is 0 Å². The zero-order valence-corrected chi connectivity index (χ0v) is 15.1. The van der Waals surface area contributed by atoms with Crippen molar-refractivity contribution < 1.29 is 0 Å². The molecule has 0 aromatic carbocycles. The first kappa shape index (κ1) is 16.1. The lowest BCUT2D eigenvalue weighted by Gasteiger charge is -2.35. The lowest BCUT2D eigenvalue weighted by molar-refractivity contribution is 1.12. The Kier molecular flexibility index (Phi) is 6.59. The topological polar surface area (TPSA) is 12.0 Å². The molecule has 0 radical (unpaired) electrons. The van der Waals surface area contributed by atoms with Crippen LogP contribution in [0, 0.1) is 0 Å². The summed E-state index contributed by atoms with van der Waals surface area (Å²) in [5.41, 5.74) is 0. The van der Waals surface area contributed by atoms with E-state index in [0.717, 1.165) is 10.5 Å². The fourth-order valence-electron chi connectivity index (χ4n) is 1.96. The van der Waals surface area contributed by atoms with E-state index >= 15 is 0 Å². The summed E-state index contributed by atoms with van der Waals surface area (Å²) in [6.07, 6.45) is 0. The van der Waals surface area contributed by atoms with Crippen molar-refractivity contribution in [1.82, 2.24) is 4.65 Å². The molecule has 0 atom stereocenters. The highest BCUT2D eigenvalue weighted by Crippen LogP contribution is 2.29. The van der Waals surface area contributed by atoms with Crippen molar-refractivity contribution >= 4 is 37.2 Å². The third-order valence-electron chi connectivity index (χ3n) is 1.66. The molecule has 0 heterocycles. The van der Waals surface area contributed by atoms with Gasteiger partial charge in [-0.05, 0) is 36.7 Å². The molecule has 0 saturated heterocycles. The van der Waals surface area contributed by atoms with Crippen molar-refractivity contribution in [2.45, 2.75) is 64.4 Å². The summed E-state index contributed by atoms with van der Waals surface area (Å²) in [6.45, 7) is 18.9. The average Bonchev–Trinajstić information content (AvgIpc) is 1.73. The summed E-state index contributed by atoms with van der Waals surface area (Å²) in [5.74, 6) is 0. The molecule has 5 heteroatoms. The van der Waals surface area contributed by atoms with Crippen molar-refractivity contribution in [2.24, 2.45) is 0 Å². The van der Waals surface area contributed by atoms with Crippen LogP contribution in [0.4, 0.5) is 0 Å². The number of hydrogen-bond acceptors (Lipinski definition) is 3. The van der Waals surface area contributed by atoms with Crippen molar-refractivity contribution in [1.29, 1.82) is 0 Å². The molecule has 0 aromatic rings. The Hall–Kier alpha value is 1.09. The standard InChI is InChI=1S/C10H27NS2Si2/c1-9(2)12-14(5,6)11-15(7,8)13-10(3)4/h9-11H,1-8H3. The maximum absolute atomic E-state index is 4.00. The monoisotopic (exact) mass is 281 g/mol. The smallest absolute Gasteiger partial charge is 0.176 e. The van der Waals surface area contributed by atoms with Gasteiger partial charge in [-0.25, -0.2) is 0 Å². The molecular formula is C10H27NS2Si2. The highest BCUT2D eigenvalue weighted by molar-refractivity contribution is 8.32. The molecule has 15 heavy (non-hydrogen) atoms. The quantitative estimate of drug-likeness (QED) is 0.731. The normalized spacial score (nSPS) is 14.0. The summed E-state index contributed by atoms with van der Waals surface area (Å²) in [5, 5.41) is 1.49. The van der Waals surface area contributed by atoms with E-state index in [4.69, 9.17) is 0 Å². The van der Waals surface area contributed by atoms with Gasteiger partial charge in [-0.15, -0.1) is 0 Å². The maximum atomic E-state index is 4.00. The van der Waals surface area contributed by atoms with Crippen LogP contribution in [-0.2, 0) is 0 Å². The predicted octanol–water partition coefficient (Wildman–Crippen LogP) is 4.26. The molecule has 0 aliphatic rings. The van der Waals surface area contributed by atoms with Crippen LogP contribution in [0.25, 0.3) is 0 Å². The van der Waals surface area contributed by atoms with E-state index in [0.29, 0.717) is 0 Å². The molecule has 0 spiro atoms. The van der Waals surface area contributed by atoms with Crippen molar-refractivity contribution in [3.8, 4) is 0 Å². The van der Waals surface area contributed by atoms with Crippen LogP contribution in [0.15, 0.2) is 0 Å². The van der Waals surface area contributed by atoms with Crippen LogP contribution in [0.1, 0.15) is 27.7 Å². The summed E-state index contributed by atoms with van der Waals surface area (Å²) >= 11 is 4.32. The minimum absolute atomic E-state index is 0.744. The number of hydrogen-bond donors (Lipinski definition) is 1. The molecule has 0 bridgehead atoms. The molecule has 92 valence electrons. The molecule has 1 N–H and O–H groups in total. The van der Waals surface area contributed by atoms with E-state index < -0.39 is 14.8 Å². The van der Waals surface area contributed by atoms with Gasteiger partial charge in [0.2, 0.25) is 0 Å². The van der Waals surface area contributed by atoms with Crippen LogP contribution in [0.3, 0.4) is 0 Å². The first-order valence-electron chi connectivity index (χ1n) is 5.69. The van der Waals surface area contributed by atoms with E-state index in [-0.39, 0.29) is 0 Å². The molecule has 0 aromatic heterocycles. The van der Waals surface area contributed by atoms with Crippen molar-refractivity contribution in [3.05, 3.63) is 0 Å². The molecule has 0 rings (SSSR count). The van der Waals surface area contributed by atoms with Gasteiger partial charge in [-0.3, -0.25) is 0 Å². The Morgan fingerprint density at radius 2 is 1.00 bits per heavy atom. The second kappa shape index (κ2) is 6.14. The minimum Gasteiger partial charge on any atom is -0.343 e. The third kappa shape index (κ3) is 8.86. The van der Waals surface area contributed by atoms with Crippen LogP contribution in [-0.4, -0.2) is 25.3 Å². The van der Waals surface area contributed by atoms with Gasteiger partial charge in [0, 0.05) is 0 Å². The number of rotatable bonds is 6. The summed E-state index contributed by atoms with van der Waals surface area (Å²) in [4.78, 5) is 0. The van der Waals surface area contributed by atoms with Gasteiger partial charge in [-0.2, -0.15) is 22.4 Å². The summed E-state index contributed by atoms with van der Waals surface area (Å²) in [6, 6.07) is 0. The van der Waals surface area contributed by atoms with Crippen LogP contribution in [0.5, 0.6) is 0 Å². The Labute approximate surface area is 106 Å². The molecular weight excluding hydrogens is 254 g/mol. The molecule has 1 nitrogen and oxygen atoms in total. The zero-order chi connectivity index (χ0) is 12.3. The van der Waals surface area contributed by atoms with Crippen molar-refractivity contribution in [2.75, 3.05) is 0 Å². The Morgan fingerprint density at radius 1 is 0.733 bits per heavy atom. The average molecular weight is 282 g/mol. The molecule has 0 aliphatic carbocycles. The lowest BCUT2D eigenvalue weighted by atomic mass is 10.6. The minimum atomic E-state index is -1.26. The maximum Gasteiger partial charge on any atom is 0.176 e. The highest BCUT2D eigenvalue weighted by atomic mass is 32.4. The largest absolute Gasteiger partial charge is 0.343 e. The van der Waals surface area contributed by atoms with Gasteiger partial charge in [-0.1, -0.05) is 27.7 Å². The first-order chi connectivity index (χ1) is 6.54. The molecule has 0 unspecified atom stereocenters.